The number of halogens is 1. The maximum absolute atomic E-state index is 13.0. The summed E-state index contributed by atoms with van der Waals surface area (Å²) in [6.07, 6.45) is 1.63. The fourth-order valence-electron chi connectivity index (χ4n) is 2.54. The number of hydrogen-bond acceptors (Lipinski definition) is 7. The van der Waals surface area contributed by atoms with Gasteiger partial charge >= 0.3 is 0 Å². The first-order chi connectivity index (χ1) is 13.6. The molecule has 0 saturated heterocycles. The maximum atomic E-state index is 13.0. The highest BCUT2D eigenvalue weighted by molar-refractivity contribution is 7.99. The molecule has 4 aromatic rings. The van der Waals surface area contributed by atoms with Crippen LogP contribution in [0.1, 0.15) is 5.56 Å². The van der Waals surface area contributed by atoms with E-state index >= 15 is 0 Å². The van der Waals surface area contributed by atoms with Crippen LogP contribution in [0.15, 0.2) is 57.2 Å². The van der Waals surface area contributed by atoms with Gasteiger partial charge in [0.25, 0.3) is 5.56 Å². The number of thiazole rings is 1. The third-order valence-electron chi connectivity index (χ3n) is 3.83. The fourth-order valence-corrected chi connectivity index (χ4v) is 4.86. The summed E-state index contributed by atoms with van der Waals surface area (Å²) in [7, 11) is 0. The van der Waals surface area contributed by atoms with Gasteiger partial charge in [-0.25, -0.2) is 9.97 Å². The molecule has 142 valence electrons. The van der Waals surface area contributed by atoms with Gasteiger partial charge in [-0.2, -0.15) is 0 Å². The topological polar surface area (TPSA) is 76.9 Å². The van der Waals surface area contributed by atoms with E-state index in [-0.39, 0.29) is 23.8 Å². The molecule has 1 amide bonds. The third kappa shape index (κ3) is 4.12. The molecule has 28 heavy (non-hydrogen) atoms. The first-order valence-corrected chi connectivity index (χ1v) is 11.3. The summed E-state index contributed by atoms with van der Waals surface area (Å²) in [5.74, 6) is -0.0895. The summed E-state index contributed by atoms with van der Waals surface area (Å²) in [4.78, 5) is 33.8. The van der Waals surface area contributed by atoms with Gasteiger partial charge in [-0.1, -0.05) is 41.6 Å². The van der Waals surface area contributed by atoms with Gasteiger partial charge in [0, 0.05) is 16.6 Å². The van der Waals surface area contributed by atoms with Crippen molar-refractivity contribution in [2.75, 3.05) is 11.1 Å². The summed E-state index contributed by atoms with van der Waals surface area (Å²) < 4.78 is 2.16. The van der Waals surface area contributed by atoms with Crippen LogP contribution >= 0.6 is 46.0 Å². The van der Waals surface area contributed by atoms with Crippen LogP contribution in [0.5, 0.6) is 0 Å². The first kappa shape index (κ1) is 19.1. The highest BCUT2D eigenvalue weighted by atomic mass is 35.5. The number of nitrogens with one attached hydrogen (secondary N) is 1. The number of anilines is 1. The van der Waals surface area contributed by atoms with E-state index in [2.05, 4.69) is 15.3 Å². The van der Waals surface area contributed by atoms with E-state index < -0.39 is 0 Å². The molecule has 0 unspecified atom stereocenters. The number of fused-ring (bicyclic) bond motifs is 1. The second kappa shape index (κ2) is 8.44. The van der Waals surface area contributed by atoms with E-state index in [4.69, 9.17) is 11.6 Å². The van der Waals surface area contributed by atoms with Gasteiger partial charge < -0.3 is 5.32 Å². The largest absolute Gasteiger partial charge is 0.301 e. The van der Waals surface area contributed by atoms with Crippen LogP contribution in [-0.2, 0) is 11.3 Å². The molecule has 1 N–H and O–H groups in total. The van der Waals surface area contributed by atoms with Gasteiger partial charge in [0.15, 0.2) is 10.3 Å². The molecule has 0 bridgehead atoms. The van der Waals surface area contributed by atoms with Crippen LogP contribution in [-0.4, -0.2) is 26.2 Å². The van der Waals surface area contributed by atoms with Gasteiger partial charge in [-0.05, 0) is 23.1 Å². The predicted octanol–water partition coefficient (Wildman–Crippen LogP) is 4.35. The Kier molecular flexibility index (Phi) is 5.77. The molecule has 0 spiro atoms. The monoisotopic (exact) mass is 448 g/mol. The molecule has 0 aliphatic rings. The van der Waals surface area contributed by atoms with Gasteiger partial charge in [-0.3, -0.25) is 14.2 Å². The highest BCUT2D eigenvalue weighted by Crippen LogP contribution is 2.24. The van der Waals surface area contributed by atoms with Crippen molar-refractivity contribution in [3.8, 4) is 0 Å². The lowest BCUT2D eigenvalue weighted by Crippen LogP contribution is -2.24. The Hall–Kier alpha value is -2.20. The van der Waals surface area contributed by atoms with Crippen LogP contribution in [0, 0.1) is 0 Å². The minimum atomic E-state index is -0.205. The molecule has 0 fully saturated rings. The Morgan fingerprint density at radius 2 is 2.07 bits per heavy atom. The molecule has 10 heteroatoms. The number of hydrogen-bond donors (Lipinski definition) is 1. The average Bonchev–Trinajstić information content (AvgIpc) is 3.36. The Morgan fingerprint density at radius 3 is 2.86 bits per heavy atom. The van der Waals surface area contributed by atoms with E-state index in [9.17, 15) is 9.59 Å². The Bertz CT molecular complexity index is 1190. The van der Waals surface area contributed by atoms with Crippen LogP contribution < -0.4 is 10.9 Å². The number of rotatable bonds is 6. The van der Waals surface area contributed by atoms with Crippen LogP contribution in [0.4, 0.5) is 5.13 Å². The summed E-state index contributed by atoms with van der Waals surface area (Å²) in [5, 5.41) is 7.95. The lowest BCUT2D eigenvalue weighted by molar-refractivity contribution is -0.113. The molecule has 0 radical (unpaired) electrons. The molecular weight excluding hydrogens is 436 g/mol. The van der Waals surface area contributed by atoms with Crippen molar-refractivity contribution in [2.45, 2.75) is 11.7 Å². The summed E-state index contributed by atoms with van der Waals surface area (Å²) in [6, 6.07) is 9.18. The van der Waals surface area contributed by atoms with Crippen LogP contribution in [0.25, 0.3) is 10.2 Å². The standard InChI is InChI=1S/C18H13ClN4O2S3/c19-12-4-2-1-3-11(12)9-23-16(25)15-13(5-7-26-15)21-18(23)28-10-14(24)22-17-20-6-8-27-17/h1-8H,9-10H2,(H,20,22,24). The highest BCUT2D eigenvalue weighted by Gasteiger charge is 2.16. The van der Waals surface area contributed by atoms with E-state index in [1.54, 1.807) is 28.3 Å². The average molecular weight is 449 g/mol. The van der Waals surface area contributed by atoms with Crippen molar-refractivity contribution >= 4 is 67.3 Å². The van der Waals surface area contributed by atoms with Crippen LogP contribution in [0.2, 0.25) is 5.02 Å². The number of thioether (sulfide) groups is 1. The maximum Gasteiger partial charge on any atom is 0.272 e. The summed E-state index contributed by atoms with van der Waals surface area (Å²) in [6.45, 7) is 0.287. The normalized spacial score (nSPS) is 11.0. The molecule has 4 rings (SSSR count). The Labute approximate surface area is 177 Å². The zero-order chi connectivity index (χ0) is 19.5. The minimum Gasteiger partial charge on any atom is -0.301 e. The number of aromatic nitrogens is 3. The van der Waals surface area contributed by atoms with Crippen LogP contribution in [0.3, 0.4) is 0 Å². The van der Waals surface area contributed by atoms with Gasteiger partial charge in [-0.15, -0.1) is 22.7 Å². The Morgan fingerprint density at radius 1 is 1.21 bits per heavy atom. The van der Waals surface area contributed by atoms with Crippen molar-refractivity contribution < 1.29 is 4.79 Å². The number of carbonyl (C=O) groups excluding carboxylic acids is 1. The van der Waals surface area contributed by atoms with Crippen molar-refractivity contribution in [1.29, 1.82) is 0 Å². The SMILES string of the molecule is O=C(CSc1nc2ccsc2c(=O)n1Cc1ccccc1Cl)Nc1nccs1. The zero-order valence-electron chi connectivity index (χ0n) is 14.3. The quantitative estimate of drug-likeness (QED) is 0.350. The van der Waals surface area contributed by atoms with E-state index in [0.717, 1.165) is 5.56 Å². The Balaban J connectivity index is 1.63. The molecule has 0 saturated carbocycles. The number of benzene rings is 1. The zero-order valence-corrected chi connectivity index (χ0v) is 17.5. The molecule has 0 aliphatic carbocycles. The van der Waals surface area contributed by atoms with Gasteiger partial charge in [0.1, 0.15) is 4.70 Å². The predicted molar refractivity (Wildman–Crippen MR) is 116 cm³/mol. The number of thiophene rings is 1. The summed E-state index contributed by atoms with van der Waals surface area (Å²) in [5.41, 5.74) is 1.31. The second-order valence-corrected chi connectivity index (χ2v) is 8.85. The lowest BCUT2D eigenvalue weighted by Gasteiger charge is -2.13. The molecule has 6 nitrogen and oxygen atoms in total. The fraction of sp³-hybridized carbons (Fsp3) is 0.111. The smallest absolute Gasteiger partial charge is 0.272 e. The molecule has 3 heterocycles. The number of nitrogens with zero attached hydrogens (tertiary/aromatic N) is 3. The number of amides is 1. The molecule has 0 aliphatic heterocycles. The molecule has 3 aromatic heterocycles. The third-order valence-corrected chi connectivity index (χ3v) is 6.75. The first-order valence-electron chi connectivity index (χ1n) is 8.15. The lowest BCUT2D eigenvalue weighted by atomic mass is 10.2. The minimum absolute atomic E-state index is 0.115. The molecule has 1 aromatic carbocycles. The van der Waals surface area contributed by atoms with Crippen molar-refractivity contribution in [3.63, 3.8) is 0 Å². The van der Waals surface area contributed by atoms with Gasteiger partial charge in [0.05, 0.1) is 17.8 Å². The second-order valence-electron chi connectivity index (χ2n) is 5.69. The van der Waals surface area contributed by atoms with Crippen molar-refractivity contribution in [1.82, 2.24) is 14.5 Å². The van der Waals surface area contributed by atoms with Crippen molar-refractivity contribution in [3.05, 3.63) is 68.2 Å². The van der Waals surface area contributed by atoms with Crippen molar-refractivity contribution in [2.24, 2.45) is 0 Å². The van der Waals surface area contributed by atoms with E-state index in [0.29, 0.717) is 25.5 Å². The van der Waals surface area contributed by atoms with E-state index in [1.807, 2.05) is 23.6 Å². The molecule has 0 atom stereocenters. The number of carbonyl (C=O) groups is 1. The van der Waals surface area contributed by atoms with Gasteiger partial charge in [0.2, 0.25) is 5.91 Å². The van der Waals surface area contributed by atoms with E-state index in [1.165, 1.54) is 34.4 Å². The molecular formula is C18H13ClN4O2S3. The summed E-state index contributed by atoms with van der Waals surface area (Å²) >= 11 is 10.2.